The molecule has 2 aliphatic heterocycles. The first-order valence-corrected chi connectivity index (χ1v) is 8.55. The number of nitrogens with one attached hydrogen (secondary N) is 1. The van der Waals surface area contributed by atoms with Crippen LogP contribution in [0.3, 0.4) is 0 Å². The Labute approximate surface area is 131 Å². The first-order chi connectivity index (χ1) is 9.71. The van der Waals surface area contributed by atoms with Crippen LogP contribution in [0.2, 0.25) is 0 Å². The zero-order valence-electron chi connectivity index (χ0n) is 15.1. The highest BCUT2D eigenvalue weighted by molar-refractivity contribution is 5.06. The smallest absolute Gasteiger partial charge is 0.0790 e. The third-order valence-corrected chi connectivity index (χ3v) is 5.59. The summed E-state index contributed by atoms with van der Waals surface area (Å²) in [6.45, 7) is 19.4. The topological polar surface area (TPSA) is 27.7 Å². The molecule has 4 nitrogen and oxygen atoms in total. The van der Waals surface area contributed by atoms with Gasteiger partial charge in [-0.25, -0.2) is 0 Å². The van der Waals surface area contributed by atoms with E-state index in [2.05, 4.69) is 63.7 Å². The third-order valence-electron chi connectivity index (χ3n) is 5.59. The lowest BCUT2D eigenvalue weighted by atomic mass is 9.82. The number of nitrogens with zero attached hydrogens (tertiary/aromatic N) is 2. The summed E-state index contributed by atoms with van der Waals surface area (Å²) in [4.78, 5) is 5.21. The Balaban J connectivity index is 2.04. The van der Waals surface area contributed by atoms with Crippen molar-refractivity contribution in [2.45, 2.75) is 64.8 Å². The minimum atomic E-state index is -0.0974. The summed E-state index contributed by atoms with van der Waals surface area (Å²) in [7, 11) is 2.07. The van der Waals surface area contributed by atoms with Gasteiger partial charge in [-0.2, -0.15) is 0 Å². The quantitative estimate of drug-likeness (QED) is 0.856. The highest BCUT2D eigenvalue weighted by atomic mass is 16.5. The van der Waals surface area contributed by atoms with E-state index >= 15 is 0 Å². The summed E-state index contributed by atoms with van der Waals surface area (Å²) in [6.07, 6.45) is 0. The van der Waals surface area contributed by atoms with Crippen LogP contribution in [0.15, 0.2) is 0 Å². The fraction of sp³-hybridized carbons (Fsp3) is 1.00. The van der Waals surface area contributed by atoms with E-state index in [9.17, 15) is 0 Å². The number of hydrogen-bond acceptors (Lipinski definition) is 4. The Morgan fingerprint density at radius 3 is 2.33 bits per heavy atom. The Morgan fingerprint density at radius 2 is 1.81 bits per heavy atom. The summed E-state index contributed by atoms with van der Waals surface area (Å²) in [5.74, 6) is 0.526. The molecule has 2 fully saturated rings. The molecule has 0 aliphatic carbocycles. The average molecular weight is 297 g/mol. The highest BCUT2D eigenvalue weighted by Gasteiger charge is 2.53. The fourth-order valence-corrected chi connectivity index (χ4v) is 4.56. The maximum atomic E-state index is 6.36. The fourth-order valence-electron chi connectivity index (χ4n) is 4.56. The van der Waals surface area contributed by atoms with Crippen molar-refractivity contribution >= 4 is 0 Å². The number of ether oxygens (including phenoxy) is 1. The van der Waals surface area contributed by atoms with Crippen molar-refractivity contribution < 1.29 is 4.74 Å². The lowest BCUT2D eigenvalue weighted by molar-refractivity contribution is -0.0804. The minimum Gasteiger partial charge on any atom is -0.368 e. The molecule has 0 saturated carbocycles. The van der Waals surface area contributed by atoms with Crippen molar-refractivity contribution in [1.29, 1.82) is 0 Å². The van der Waals surface area contributed by atoms with Crippen LogP contribution in [0.4, 0.5) is 0 Å². The zero-order valence-corrected chi connectivity index (χ0v) is 15.1. The lowest BCUT2D eigenvalue weighted by Crippen LogP contribution is -2.56. The van der Waals surface area contributed by atoms with E-state index in [0.29, 0.717) is 18.0 Å². The van der Waals surface area contributed by atoms with Crippen LogP contribution >= 0.6 is 0 Å². The Kier molecular flexibility index (Phi) is 5.04. The molecular weight excluding hydrogens is 262 g/mol. The predicted octanol–water partition coefficient (Wildman–Crippen LogP) is 1.80. The molecule has 21 heavy (non-hydrogen) atoms. The van der Waals surface area contributed by atoms with E-state index < -0.39 is 0 Å². The molecule has 0 aromatic rings. The van der Waals surface area contributed by atoms with Gasteiger partial charge in [-0.1, -0.05) is 6.92 Å². The van der Waals surface area contributed by atoms with Gasteiger partial charge in [0.2, 0.25) is 0 Å². The molecule has 0 bridgehead atoms. The van der Waals surface area contributed by atoms with Crippen molar-refractivity contribution in [3.05, 3.63) is 0 Å². The normalized spacial score (nSPS) is 37.0. The number of hydrogen-bond donors (Lipinski definition) is 1. The Bertz CT molecular complexity index is 356. The van der Waals surface area contributed by atoms with Gasteiger partial charge in [0.1, 0.15) is 0 Å². The minimum absolute atomic E-state index is 0.0672. The van der Waals surface area contributed by atoms with E-state index in [1.807, 2.05) is 0 Å². The molecule has 3 unspecified atom stereocenters. The largest absolute Gasteiger partial charge is 0.368 e. The lowest BCUT2D eigenvalue weighted by Gasteiger charge is -2.42. The van der Waals surface area contributed by atoms with E-state index in [1.54, 1.807) is 0 Å². The zero-order chi connectivity index (χ0) is 15.8. The van der Waals surface area contributed by atoms with Crippen LogP contribution in [-0.2, 0) is 4.74 Å². The van der Waals surface area contributed by atoms with Crippen molar-refractivity contribution in [3.8, 4) is 0 Å². The molecule has 2 aliphatic rings. The van der Waals surface area contributed by atoms with Gasteiger partial charge in [0.25, 0.3) is 0 Å². The van der Waals surface area contributed by atoms with Crippen molar-refractivity contribution in [1.82, 2.24) is 15.1 Å². The third kappa shape index (κ3) is 3.44. The van der Waals surface area contributed by atoms with Crippen LogP contribution < -0.4 is 5.32 Å². The summed E-state index contributed by atoms with van der Waals surface area (Å²) in [5.41, 5.74) is -0.165. The monoisotopic (exact) mass is 297 g/mol. The summed E-state index contributed by atoms with van der Waals surface area (Å²) < 4.78 is 6.36. The second-order valence-corrected chi connectivity index (χ2v) is 7.92. The summed E-state index contributed by atoms with van der Waals surface area (Å²) >= 11 is 0. The molecule has 0 aromatic heterocycles. The van der Waals surface area contributed by atoms with Gasteiger partial charge >= 0.3 is 0 Å². The Morgan fingerprint density at radius 1 is 1.14 bits per heavy atom. The molecule has 124 valence electrons. The molecular formula is C17H35N3O. The van der Waals surface area contributed by atoms with Crippen LogP contribution in [0.5, 0.6) is 0 Å². The molecule has 4 heteroatoms. The van der Waals surface area contributed by atoms with Crippen LogP contribution in [-0.4, -0.2) is 72.9 Å². The van der Waals surface area contributed by atoms with Gasteiger partial charge in [0.05, 0.1) is 11.2 Å². The first-order valence-electron chi connectivity index (χ1n) is 8.55. The van der Waals surface area contributed by atoms with E-state index in [4.69, 9.17) is 4.74 Å². The van der Waals surface area contributed by atoms with Crippen molar-refractivity contribution in [2.75, 3.05) is 39.8 Å². The standard InChI is InChI=1S/C17H35N3O/c1-8-20-10-9-19(11-13(20)2)12-14-15(18-7)17(5,6)21-16(14,3)4/h13-15,18H,8-12H2,1-7H3. The van der Waals surface area contributed by atoms with Crippen LogP contribution in [0, 0.1) is 5.92 Å². The molecule has 0 amide bonds. The van der Waals surface area contributed by atoms with Crippen LogP contribution in [0.25, 0.3) is 0 Å². The van der Waals surface area contributed by atoms with Crippen molar-refractivity contribution in [3.63, 3.8) is 0 Å². The Hall–Kier alpha value is -0.160. The van der Waals surface area contributed by atoms with Gasteiger partial charge in [0, 0.05) is 44.2 Å². The highest BCUT2D eigenvalue weighted by Crippen LogP contribution is 2.42. The number of likely N-dealkylation sites (N-methyl/N-ethyl adjacent to an activating group) is 2. The van der Waals surface area contributed by atoms with Crippen molar-refractivity contribution in [2.24, 2.45) is 5.92 Å². The molecule has 1 N–H and O–H groups in total. The molecule has 3 atom stereocenters. The van der Waals surface area contributed by atoms with E-state index in [-0.39, 0.29) is 11.2 Å². The molecule has 0 radical (unpaired) electrons. The average Bonchev–Trinajstić information content (AvgIpc) is 2.54. The van der Waals surface area contributed by atoms with Gasteiger partial charge in [-0.15, -0.1) is 0 Å². The maximum Gasteiger partial charge on any atom is 0.0790 e. The number of piperazine rings is 1. The number of rotatable bonds is 4. The predicted molar refractivity (Wildman–Crippen MR) is 88.7 cm³/mol. The SMILES string of the molecule is CCN1CCN(CC2C(NC)C(C)(C)OC2(C)C)CC1C. The van der Waals surface area contributed by atoms with E-state index in [1.165, 1.54) is 26.2 Å². The first kappa shape index (κ1) is 17.2. The second kappa shape index (κ2) is 6.15. The molecule has 2 rings (SSSR count). The molecule has 0 aromatic carbocycles. The second-order valence-electron chi connectivity index (χ2n) is 7.92. The maximum absolute atomic E-state index is 6.36. The van der Waals surface area contributed by atoms with Gasteiger partial charge in [0.15, 0.2) is 0 Å². The molecule has 2 heterocycles. The summed E-state index contributed by atoms with van der Waals surface area (Å²) in [6, 6.07) is 1.07. The molecule has 2 saturated heterocycles. The summed E-state index contributed by atoms with van der Waals surface area (Å²) in [5, 5.41) is 3.52. The van der Waals surface area contributed by atoms with Crippen LogP contribution in [0.1, 0.15) is 41.5 Å². The molecule has 0 spiro atoms. The van der Waals surface area contributed by atoms with Gasteiger partial charge < -0.3 is 15.0 Å². The van der Waals surface area contributed by atoms with E-state index in [0.717, 1.165) is 6.54 Å². The van der Waals surface area contributed by atoms with Gasteiger partial charge in [-0.3, -0.25) is 4.90 Å². The van der Waals surface area contributed by atoms with Gasteiger partial charge in [-0.05, 0) is 48.2 Å².